The van der Waals surface area contributed by atoms with Crippen LogP contribution >= 0.6 is 11.8 Å². The second-order valence-corrected chi connectivity index (χ2v) is 5.44. The molecular weight excluding hydrogens is 237 g/mol. The Morgan fingerprint density at radius 1 is 1.65 bits per heavy atom. The number of likely N-dealkylation sites (N-methyl/N-ethyl adjacent to an activating group) is 2. The molecule has 1 aromatic rings. The molecule has 0 aromatic carbocycles. The van der Waals surface area contributed by atoms with Crippen molar-refractivity contribution < 1.29 is 4.39 Å². The summed E-state index contributed by atoms with van der Waals surface area (Å²) >= 11 is 1.93. The zero-order valence-corrected chi connectivity index (χ0v) is 11.0. The fourth-order valence-electron chi connectivity index (χ4n) is 2.25. The molecule has 2 heterocycles. The minimum absolute atomic E-state index is 0.0239. The molecule has 1 aliphatic rings. The van der Waals surface area contributed by atoms with E-state index in [0.29, 0.717) is 11.6 Å². The summed E-state index contributed by atoms with van der Waals surface area (Å²) in [7, 11) is 3.99. The molecule has 2 rings (SSSR count). The highest BCUT2D eigenvalue weighted by atomic mass is 32.2. The van der Waals surface area contributed by atoms with Crippen LogP contribution in [0.2, 0.25) is 0 Å². The van der Waals surface area contributed by atoms with Crippen LogP contribution in [-0.2, 0) is 0 Å². The Bertz CT molecular complexity index is 375. The molecule has 5 heteroatoms. The molecule has 1 N–H and O–H groups in total. The minimum Gasteiger partial charge on any atom is -0.312 e. The van der Waals surface area contributed by atoms with Crippen LogP contribution in [0, 0.1) is 5.82 Å². The van der Waals surface area contributed by atoms with Crippen LogP contribution in [0.3, 0.4) is 0 Å². The molecule has 0 bridgehead atoms. The molecule has 0 radical (unpaired) electrons. The van der Waals surface area contributed by atoms with Gasteiger partial charge in [-0.2, -0.15) is 11.8 Å². The van der Waals surface area contributed by atoms with Gasteiger partial charge in [-0.1, -0.05) is 0 Å². The number of aromatic nitrogens is 1. The van der Waals surface area contributed by atoms with Gasteiger partial charge in [0.05, 0.1) is 12.2 Å². The van der Waals surface area contributed by atoms with E-state index in [1.807, 2.05) is 18.8 Å². The predicted molar refractivity (Wildman–Crippen MR) is 69.7 cm³/mol. The smallest absolute Gasteiger partial charge is 0.146 e. The van der Waals surface area contributed by atoms with Crippen molar-refractivity contribution in [1.29, 1.82) is 0 Å². The zero-order chi connectivity index (χ0) is 12.3. The molecule has 0 spiro atoms. The Morgan fingerprint density at radius 3 is 3.12 bits per heavy atom. The van der Waals surface area contributed by atoms with Crippen molar-refractivity contribution in [2.24, 2.45) is 0 Å². The first kappa shape index (κ1) is 12.8. The number of hydrogen-bond acceptors (Lipinski definition) is 4. The van der Waals surface area contributed by atoms with Crippen molar-refractivity contribution in [3.63, 3.8) is 0 Å². The monoisotopic (exact) mass is 255 g/mol. The third kappa shape index (κ3) is 2.78. The second-order valence-electron chi connectivity index (χ2n) is 4.29. The van der Waals surface area contributed by atoms with Gasteiger partial charge in [-0.15, -0.1) is 0 Å². The minimum atomic E-state index is -0.226. The Hall–Kier alpha value is -0.650. The van der Waals surface area contributed by atoms with Crippen LogP contribution in [0.1, 0.15) is 11.6 Å². The van der Waals surface area contributed by atoms with E-state index >= 15 is 0 Å². The first-order valence-corrected chi connectivity index (χ1v) is 6.94. The van der Waals surface area contributed by atoms with E-state index in [1.165, 1.54) is 6.20 Å². The molecule has 94 valence electrons. The van der Waals surface area contributed by atoms with Crippen LogP contribution < -0.4 is 5.32 Å². The fourth-order valence-corrected chi connectivity index (χ4v) is 3.52. The topological polar surface area (TPSA) is 28.2 Å². The number of halogens is 1. The molecule has 1 saturated heterocycles. The van der Waals surface area contributed by atoms with Gasteiger partial charge >= 0.3 is 0 Å². The van der Waals surface area contributed by atoms with Gasteiger partial charge in [-0.25, -0.2) is 4.39 Å². The molecular formula is C12H18FN3S. The molecule has 1 fully saturated rings. The number of hydrogen-bond donors (Lipinski definition) is 1. The van der Waals surface area contributed by atoms with Crippen molar-refractivity contribution in [3.8, 4) is 0 Å². The van der Waals surface area contributed by atoms with Gasteiger partial charge in [0.25, 0.3) is 0 Å². The Balaban J connectivity index is 2.23. The molecule has 2 unspecified atom stereocenters. The van der Waals surface area contributed by atoms with Crippen molar-refractivity contribution in [1.82, 2.24) is 15.2 Å². The van der Waals surface area contributed by atoms with Crippen LogP contribution in [0.15, 0.2) is 18.5 Å². The van der Waals surface area contributed by atoms with E-state index in [1.54, 1.807) is 12.3 Å². The number of nitrogens with one attached hydrogen (secondary N) is 1. The number of pyridine rings is 1. The van der Waals surface area contributed by atoms with E-state index in [2.05, 4.69) is 22.2 Å². The molecule has 1 aliphatic heterocycles. The second kappa shape index (κ2) is 5.80. The van der Waals surface area contributed by atoms with Gasteiger partial charge in [0.2, 0.25) is 0 Å². The summed E-state index contributed by atoms with van der Waals surface area (Å²) in [5, 5.41) is 3.24. The summed E-state index contributed by atoms with van der Waals surface area (Å²) in [5.41, 5.74) is 0.710. The average Bonchev–Trinajstić information content (AvgIpc) is 2.34. The maximum atomic E-state index is 13.8. The maximum Gasteiger partial charge on any atom is 0.146 e. The summed E-state index contributed by atoms with van der Waals surface area (Å²) in [5.74, 6) is 1.96. The van der Waals surface area contributed by atoms with Crippen molar-refractivity contribution in [2.45, 2.75) is 12.1 Å². The third-order valence-electron chi connectivity index (χ3n) is 3.28. The summed E-state index contributed by atoms with van der Waals surface area (Å²) < 4.78 is 13.8. The van der Waals surface area contributed by atoms with E-state index < -0.39 is 0 Å². The highest BCUT2D eigenvalue weighted by molar-refractivity contribution is 7.99. The standard InChI is InChI=1S/C12H18FN3S/c1-14-12(9-3-4-15-7-10(9)13)11-8-17-6-5-16(11)2/h3-4,7,11-12,14H,5-6,8H2,1-2H3. The number of rotatable bonds is 3. The molecule has 0 amide bonds. The predicted octanol–water partition coefficient (Wildman–Crippen LogP) is 1.53. The largest absolute Gasteiger partial charge is 0.312 e. The fraction of sp³-hybridized carbons (Fsp3) is 0.583. The van der Waals surface area contributed by atoms with Gasteiger partial charge in [0, 0.05) is 35.9 Å². The third-order valence-corrected chi connectivity index (χ3v) is 4.33. The van der Waals surface area contributed by atoms with Gasteiger partial charge in [0.15, 0.2) is 0 Å². The zero-order valence-electron chi connectivity index (χ0n) is 10.2. The lowest BCUT2D eigenvalue weighted by atomic mass is 10.00. The van der Waals surface area contributed by atoms with Crippen molar-refractivity contribution in [2.75, 3.05) is 32.1 Å². The first-order valence-electron chi connectivity index (χ1n) is 5.78. The van der Waals surface area contributed by atoms with Gasteiger partial charge < -0.3 is 5.32 Å². The number of thioether (sulfide) groups is 1. The highest BCUT2D eigenvalue weighted by Gasteiger charge is 2.29. The lowest BCUT2D eigenvalue weighted by molar-refractivity contribution is 0.218. The van der Waals surface area contributed by atoms with E-state index in [9.17, 15) is 4.39 Å². The Kier molecular flexibility index (Phi) is 4.36. The van der Waals surface area contributed by atoms with Gasteiger partial charge in [-0.05, 0) is 20.2 Å². The molecule has 0 aliphatic carbocycles. The normalized spacial score (nSPS) is 23.6. The van der Waals surface area contributed by atoms with Gasteiger partial charge in [-0.3, -0.25) is 9.88 Å². The van der Waals surface area contributed by atoms with Crippen LogP contribution in [0.4, 0.5) is 4.39 Å². The number of nitrogens with zero attached hydrogens (tertiary/aromatic N) is 2. The summed E-state index contributed by atoms with van der Waals surface area (Å²) in [4.78, 5) is 6.11. The first-order chi connectivity index (χ1) is 8.24. The Labute approximate surface area is 106 Å². The van der Waals surface area contributed by atoms with E-state index in [0.717, 1.165) is 18.1 Å². The summed E-state index contributed by atoms with van der Waals surface area (Å²) in [6, 6.07) is 2.12. The van der Waals surface area contributed by atoms with Crippen molar-refractivity contribution in [3.05, 3.63) is 29.8 Å². The summed E-state index contributed by atoms with van der Waals surface area (Å²) in [6.45, 7) is 1.06. The van der Waals surface area contributed by atoms with Crippen molar-refractivity contribution >= 4 is 11.8 Å². The highest BCUT2D eigenvalue weighted by Crippen LogP contribution is 2.27. The lowest BCUT2D eigenvalue weighted by Crippen LogP contribution is -2.47. The Morgan fingerprint density at radius 2 is 2.47 bits per heavy atom. The summed E-state index contributed by atoms with van der Waals surface area (Å²) in [6.07, 6.45) is 2.94. The van der Waals surface area contributed by atoms with E-state index in [-0.39, 0.29) is 11.9 Å². The van der Waals surface area contributed by atoms with Crippen LogP contribution in [0.5, 0.6) is 0 Å². The van der Waals surface area contributed by atoms with Crippen LogP contribution in [0.25, 0.3) is 0 Å². The van der Waals surface area contributed by atoms with Crippen LogP contribution in [-0.4, -0.2) is 48.1 Å². The average molecular weight is 255 g/mol. The molecule has 3 nitrogen and oxygen atoms in total. The molecule has 17 heavy (non-hydrogen) atoms. The van der Waals surface area contributed by atoms with E-state index in [4.69, 9.17) is 0 Å². The quantitative estimate of drug-likeness (QED) is 0.886. The molecule has 1 aromatic heterocycles. The SMILES string of the molecule is CNC(c1ccncc1F)C1CSCCN1C. The van der Waals surface area contributed by atoms with Gasteiger partial charge in [0.1, 0.15) is 5.82 Å². The molecule has 0 saturated carbocycles. The lowest BCUT2D eigenvalue weighted by Gasteiger charge is -2.37. The maximum absolute atomic E-state index is 13.8. The molecule has 2 atom stereocenters.